The first kappa shape index (κ1) is 21.3. The molecular weight excluding hydrogens is 433 g/mol. The molecule has 1 fully saturated rings. The number of aromatic nitrogens is 4. The Kier molecular flexibility index (Phi) is 5.92. The van der Waals surface area contributed by atoms with Gasteiger partial charge in [-0.1, -0.05) is 17.7 Å². The Morgan fingerprint density at radius 1 is 1.03 bits per heavy atom. The van der Waals surface area contributed by atoms with Crippen molar-refractivity contribution in [2.24, 2.45) is 0 Å². The summed E-state index contributed by atoms with van der Waals surface area (Å²) in [5, 5.41) is 12.5. The molecule has 0 spiro atoms. The molecule has 11 heteroatoms. The number of piperazine rings is 1. The predicted molar refractivity (Wildman–Crippen MR) is 107 cm³/mol. The number of hydrogen-bond donors (Lipinski definition) is 0. The van der Waals surface area contributed by atoms with Gasteiger partial charge in [0.05, 0.1) is 17.8 Å². The summed E-state index contributed by atoms with van der Waals surface area (Å²) in [6.45, 7) is 2.38. The van der Waals surface area contributed by atoms with Gasteiger partial charge in [0.15, 0.2) is 5.82 Å². The molecule has 0 bridgehead atoms. The van der Waals surface area contributed by atoms with Crippen molar-refractivity contribution in [3.8, 4) is 5.69 Å². The smallest absolute Gasteiger partial charge is 0.336 e. The lowest BCUT2D eigenvalue weighted by atomic mass is 10.1. The van der Waals surface area contributed by atoms with Crippen LogP contribution in [0.1, 0.15) is 21.7 Å². The molecule has 31 heavy (non-hydrogen) atoms. The highest BCUT2D eigenvalue weighted by Crippen LogP contribution is 2.29. The lowest BCUT2D eigenvalue weighted by Gasteiger charge is -2.34. The van der Waals surface area contributed by atoms with E-state index in [9.17, 15) is 18.0 Å². The summed E-state index contributed by atoms with van der Waals surface area (Å²) in [4.78, 5) is 16.3. The number of rotatable bonds is 4. The summed E-state index contributed by atoms with van der Waals surface area (Å²) in [5.41, 5.74) is -0.0104. The maximum atomic E-state index is 12.9. The third kappa shape index (κ3) is 4.86. The largest absolute Gasteiger partial charge is 0.416 e. The van der Waals surface area contributed by atoms with E-state index in [4.69, 9.17) is 11.6 Å². The van der Waals surface area contributed by atoms with Crippen molar-refractivity contribution in [1.29, 1.82) is 0 Å². The number of carbonyl (C=O) groups is 1. The van der Waals surface area contributed by atoms with E-state index < -0.39 is 17.6 Å². The number of amides is 1. The van der Waals surface area contributed by atoms with Crippen molar-refractivity contribution in [3.05, 3.63) is 70.5 Å². The summed E-state index contributed by atoms with van der Waals surface area (Å²) in [7, 11) is 0. The third-order valence-corrected chi connectivity index (χ3v) is 5.32. The molecular formula is C20H18ClF3N6O. The van der Waals surface area contributed by atoms with Gasteiger partial charge in [-0.25, -0.2) is 0 Å². The van der Waals surface area contributed by atoms with Crippen molar-refractivity contribution in [1.82, 2.24) is 30.0 Å². The van der Waals surface area contributed by atoms with Gasteiger partial charge in [-0.15, -0.1) is 5.10 Å². The van der Waals surface area contributed by atoms with Gasteiger partial charge in [-0.2, -0.15) is 17.9 Å². The summed E-state index contributed by atoms with van der Waals surface area (Å²) >= 11 is 5.93. The summed E-state index contributed by atoms with van der Waals surface area (Å²) in [5.74, 6) is 0.233. The van der Waals surface area contributed by atoms with Crippen LogP contribution in [0.3, 0.4) is 0 Å². The second kappa shape index (κ2) is 8.64. The molecule has 0 radical (unpaired) electrons. The minimum atomic E-state index is -4.48. The third-order valence-electron chi connectivity index (χ3n) is 5.07. The molecule has 1 aromatic heterocycles. The highest BCUT2D eigenvalue weighted by atomic mass is 35.5. The lowest BCUT2D eigenvalue weighted by molar-refractivity contribution is -0.137. The number of halogens is 4. The Morgan fingerprint density at radius 3 is 2.42 bits per heavy atom. The van der Waals surface area contributed by atoms with Crippen LogP contribution in [0.5, 0.6) is 0 Å². The van der Waals surface area contributed by atoms with Gasteiger partial charge in [0.25, 0.3) is 5.91 Å². The van der Waals surface area contributed by atoms with E-state index in [1.54, 1.807) is 21.7 Å². The molecule has 0 saturated carbocycles. The second-order valence-corrected chi connectivity index (χ2v) is 7.57. The van der Waals surface area contributed by atoms with Crippen molar-refractivity contribution >= 4 is 17.5 Å². The Hall–Kier alpha value is -2.98. The number of benzene rings is 2. The molecule has 0 atom stereocenters. The monoisotopic (exact) mass is 450 g/mol. The average molecular weight is 451 g/mol. The first-order chi connectivity index (χ1) is 14.8. The lowest BCUT2D eigenvalue weighted by Crippen LogP contribution is -2.48. The first-order valence-electron chi connectivity index (χ1n) is 9.53. The van der Waals surface area contributed by atoms with Crippen LogP contribution in [-0.4, -0.2) is 62.1 Å². The fourth-order valence-electron chi connectivity index (χ4n) is 3.41. The van der Waals surface area contributed by atoms with E-state index in [0.29, 0.717) is 43.6 Å². The van der Waals surface area contributed by atoms with Gasteiger partial charge in [0.1, 0.15) is 0 Å². The summed E-state index contributed by atoms with van der Waals surface area (Å²) in [6, 6.07) is 11.6. The van der Waals surface area contributed by atoms with Crippen LogP contribution in [0, 0.1) is 0 Å². The van der Waals surface area contributed by atoms with E-state index in [-0.39, 0.29) is 5.56 Å². The standard InChI is InChI=1S/C20H18ClF3N6O/c21-16-4-6-17(7-5-16)30-18(25-26-27-30)13-28-8-10-29(11-9-28)19(31)14-2-1-3-15(12-14)20(22,23)24/h1-7,12H,8-11,13H2. The van der Waals surface area contributed by atoms with E-state index in [0.717, 1.165) is 17.8 Å². The van der Waals surface area contributed by atoms with Crippen molar-refractivity contribution in [3.63, 3.8) is 0 Å². The number of hydrogen-bond acceptors (Lipinski definition) is 5. The fraction of sp³-hybridized carbons (Fsp3) is 0.300. The highest BCUT2D eigenvalue weighted by Gasteiger charge is 2.31. The fourth-order valence-corrected chi connectivity index (χ4v) is 3.53. The zero-order valence-electron chi connectivity index (χ0n) is 16.3. The summed E-state index contributed by atoms with van der Waals surface area (Å²) < 4.78 is 40.4. The number of carbonyl (C=O) groups excluding carboxylic acids is 1. The molecule has 1 saturated heterocycles. The van der Waals surface area contributed by atoms with E-state index >= 15 is 0 Å². The van der Waals surface area contributed by atoms with E-state index in [1.165, 1.54) is 12.1 Å². The minimum absolute atomic E-state index is 0.0370. The number of tetrazole rings is 1. The van der Waals surface area contributed by atoms with Crippen LogP contribution in [-0.2, 0) is 12.7 Å². The highest BCUT2D eigenvalue weighted by molar-refractivity contribution is 6.30. The predicted octanol–water partition coefficient (Wildman–Crippen LogP) is 3.29. The van der Waals surface area contributed by atoms with Crippen molar-refractivity contribution in [2.75, 3.05) is 26.2 Å². The van der Waals surface area contributed by atoms with Crippen molar-refractivity contribution in [2.45, 2.75) is 12.7 Å². The Balaban J connectivity index is 1.38. The molecule has 0 N–H and O–H groups in total. The quantitative estimate of drug-likeness (QED) is 0.610. The minimum Gasteiger partial charge on any atom is -0.336 e. The zero-order chi connectivity index (χ0) is 22.0. The van der Waals surface area contributed by atoms with Crippen LogP contribution in [0.4, 0.5) is 13.2 Å². The molecule has 162 valence electrons. The van der Waals surface area contributed by atoms with Gasteiger partial charge in [0, 0.05) is 36.8 Å². The van der Waals surface area contributed by atoms with Gasteiger partial charge in [-0.05, 0) is 52.9 Å². The average Bonchev–Trinajstić information content (AvgIpc) is 3.22. The molecule has 4 rings (SSSR count). The Bertz CT molecular complexity index is 1060. The molecule has 0 unspecified atom stereocenters. The first-order valence-corrected chi connectivity index (χ1v) is 9.91. The second-order valence-electron chi connectivity index (χ2n) is 7.13. The maximum absolute atomic E-state index is 12.9. The molecule has 3 aromatic rings. The number of alkyl halides is 3. The van der Waals surface area contributed by atoms with Gasteiger partial charge < -0.3 is 4.90 Å². The molecule has 1 aliphatic rings. The van der Waals surface area contributed by atoms with Crippen LogP contribution in [0.25, 0.3) is 5.69 Å². The van der Waals surface area contributed by atoms with E-state index in [2.05, 4.69) is 20.4 Å². The van der Waals surface area contributed by atoms with Crippen LogP contribution in [0.2, 0.25) is 5.02 Å². The SMILES string of the molecule is O=C(c1cccc(C(F)(F)F)c1)N1CCN(Cc2nnnn2-c2ccc(Cl)cc2)CC1. The molecule has 2 heterocycles. The van der Waals surface area contributed by atoms with Crippen molar-refractivity contribution < 1.29 is 18.0 Å². The molecule has 1 amide bonds. The molecule has 2 aromatic carbocycles. The van der Waals surface area contributed by atoms with Crippen LogP contribution >= 0.6 is 11.6 Å². The zero-order valence-corrected chi connectivity index (χ0v) is 17.0. The van der Waals surface area contributed by atoms with E-state index in [1.807, 2.05) is 12.1 Å². The molecule has 1 aliphatic heterocycles. The van der Waals surface area contributed by atoms with Gasteiger partial charge >= 0.3 is 6.18 Å². The molecule has 7 nitrogen and oxygen atoms in total. The van der Waals surface area contributed by atoms with Crippen LogP contribution < -0.4 is 0 Å². The van der Waals surface area contributed by atoms with Gasteiger partial charge in [0.2, 0.25) is 0 Å². The summed E-state index contributed by atoms with van der Waals surface area (Å²) in [6.07, 6.45) is -4.48. The normalized spacial score (nSPS) is 15.3. The Morgan fingerprint density at radius 2 is 1.74 bits per heavy atom. The molecule has 0 aliphatic carbocycles. The van der Waals surface area contributed by atoms with Crippen LogP contribution in [0.15, 0.2) is 48.5 Å². The van der Waals surface area contributed by atoms with Gasteiger partial charge in [-0.3, -0.25) is 9.69 Å². The number of nitrogens with zero attached hydrogens (tertiary/aromatic N) is 6. The maximum Gasteiger partial charge on any atom is 0.416 e. The Labute approximate surface area is 181 Å². The topological polar surface area (TPSA) is 67.2 Å².